The predicted octanol–water partition coefficient (Wildman–Crippen LogP) is 0.941. The van der Waals surface area contributed by atoms with Crippen LogP contribution in [0, 0.1) is 0 Å². The van der Waals surface area contributed by atoms with Crippen LogP contribution < -0.4 is 0 Å². The topological polar surface area (TPSA) is 121 Å². The van der Waals surface area contributed by atoms with Crippen molar-refractivity contribution in [3.8, 4) is 0 Å². The van der Waals surface area contributed by atoms with Crippen molar-refractivity contribution in [2.24, 2.45) is 0 Å². The number of aliphatic carboxylic acids is 2. The molecule has 0 spiro atoms. The van der Waals surface area contributed by atoms with Gasteiger partial charge < -0.3 is 20.1 Å². The van der Waals surface area contributed by atoms with Crippen LogP contribution in [0.2, 0.25) is 0 Å². The van der Waals surface area contributed by atoms with E-state index in [1.807, 2.05) is 12.5 Å². The van der Waals surface area contributed by atoms with Gasteiger partial charge in [-0.1, -0.05) is 0 Å². The van der Waals surface area contributed by atoms with Gasteiger partial charge in [0.2, 0.25) is 0 Å². The summed E-state index contributed by atoms with van der Waals surface area (Å²) >= 11 is 3.04. The van der Waals surface area contributed by atoms with Gasteiger partial charge in [0, 0.05) is 13.3 Å². The molecule has 0 aromatic rings. The summed E-state index contributed by atoms with van der Waals surface area (Å²) in [7, 11) is 0. The molecule has 0 radical (unpaired) electrons. The van der Waals surface area contributed by atoms with Crippen molar-refractivity contribution in [2.45, 2.75) is 32.0 Å². The molecule has 3 N–H and O–H groups in total. The zero-order valence-corrected chi connectivity index (χ0v) is 13.9. The number of carbonyl (C=O) groups excluding carboxylic acids is 1. The number of aliphatic hydroxyl groups excluding tert-OH is 1. The Morgan fingerprint density at radius 1 is 1.00 bits per heavy atom. The highest BCUT2D eigenvalue weighted by molar-refractivity contribution is 7.98. The second kappa shape index (κ2) is 14.0. The quantitative estimate of drug-likeness (QED) is 0.525. The smallest absolute Gasteiger partial charge is 0.345 e. The molecular formula is C12H22O7S2. The first-order chi connectivity index (χ1) is 9.76. The Labute approximate surface area is 132 Å². The zero-order valence-electron chi connectivity index (χ0n) is 12.3. The van der Waals surface area contributed by atoms with Gasteiger partial charge >= 0.3 is 17.9 Å². The normalized spacial score (nSPS) is 12.6. The van der Waals surface area contributed by atoms with Gasteiger partial charge in [0.25, 0.3) is 0 Å². The second-order valence-corrected chi connectivity index (χ2v) is 5.82. The Kier molecular flexibility index (Phi) is 14.9. The molecule has 0 aromatic carbocycles. The van der Waals surface area contributed by atoms with Crippen molar-refractivity contribution in [2.75, 3.05) is 24.0 Å². The highest BCUT2D eigenvalue weighted by Crippen LogP contribution is 2.04. The number of aliphatic hydroxyl groups is 1. The summed E-state index contributed by atoms with van der Waals surface area (Å²) < 4.78 is 4.56. The molecule has 0 rings (SSSR count). The third kappa shape index (κ3) is 15.3. The van der Waals surface area contributed by atoms with E-state index in [1.165, 1.54) is 30.4 Å². The molecule has 7 nitrogen and oxygen atoms in total. The van der Waals surface area contributed by atoms with Crippen LogP contribution in [0.1, 0.15) is 19.8 Å². The zero-order chi connectivity index (χ0) is 16.8. The predicted molar refractivity (Wildman–Crippen MR) is 82.8 cm³/mol. The standard InChI is InChI=1S/C7H12O4S.C5H10O3S/c1-5(8)11-6(7(9)10)3-4-12-2;1-9-3-2-4(6)5(7)8/h6H,3-4H2,1-2H3,(H,9,10);4,6H,2-3H2,1H3,(H,7,8). The Hall–Kier alpha value is -0.930. The van der Waals surface area contributed by atoms with E-state index in [0.29, 0.717) is 24.3 Å². The first-order valence-corrected chi connectivity index (χ1v) is 8.83. The molecule has 2 atom stereocenters. The molecule has 0 fully saturated rings. The van der Waals surface area contributed by atoms with E-state index in [-0.39, 0.29) is 0 Å². The van der Waals surface area contributed by atoms with Crippen LogP contribution in [0.5, 0.6) is 0 Å². The maximum atomic E-state index is 10.5. The number of carboxylic acids is 2. The van der Waals surface area contributed by atoms with Crippen LogP contribution in [-0.2, 0) is 19.1 Å². The fourth-order valence-corrected chi connectivity index (χ4v) is 1.92. The van der Waals surface area contributed by atoms with Gasteiger partial charge in [-0.15, -0.1) is 0 Å². The van der Waals surface area contributed by atoms with E-state index in [2.05, 4.69) is 4.74 Å². The summed E-state index contributed by atoms with van der Waals surface area (Å²) in [6.07, 6.45) is 2.25. The molecule has 21 heavy (non-hydrogen) atoms. The van der Waals surface area contributed by atoms with Gasteiger partial charge in [-0.3, -0.25) is 4.79 Å². The maximum absolute atomic E-state index is 10.5. The molecular weight excluding hydrogens is 320 g/mol. The number of hydrogen-bond donors (Lipinski definition) is 3. The van der Waals surface area contributed by atoms with Crippen molar-refractivity contribution in [1.82, 2.24) is 0 Å². The average molecular weight is 342 g/mol. The fraction of sp³-hybridized carbons (Fsp3) is 0.750. The first kappa shape index (κ1) is 22.4. The Balaban J connectivity index is 0. The number of thioether (sulfide) groups is 2. The lowest BCUT2D eigenvalue weighted by atomic mass is 10.3. The summed E-state index contributed by atoms with van der Waals surface area (Å²) in [5.74, 6) is -1.41. The monoisotopic (exact) mass is 342 g/mol. The number of carboxylic acid groups (broad SMARTS) is 2. The van der Waals surface area contributed by atoms with E-state index < -0.39 is 30.1 Å². The first-order valence-electron chi connectivity index (χ1n) is 6.05. The molecule has 0 heterocycles. The SMILES string of the molecule is CSCCC(O)C(=O)O.CSCCC(OC(C)=O)C(=O)O. The molecule has 124 valence electrons. The summed E-state index contributed by atoms with van der Waals surface area (Å²) in [6.45, 7) is 1.20. The van der Waals surface area contributed by atoms with Crippen LogP contribution in [0.25, 0.3) is 0 Å². The van der Waals surface area contributed by atoms with Crippen molar-refractivity contribution in [3.63, 3.8) is 0 Å². The molecule has 2 unspecified atom stereocenters. The van der Waals surface area contributed by atoms with E-state index in [9.17, 15) is 14.4 Å². The molecule has 0 aliphatic heterocycles. The summed E-state index contributed by atoms with van der Waals surface area (Å²) in [5, 5.41) is 25.4. The lowest BCUT2D eigenvalue weighted by Gasteiger charge is -2.10. The third-order valence-electron chi connectivity index (χ3n) is 2.05. The van der Waals surface area contributed by atoms with E-state index in [1.54, 1.807) is 0 Å². The van der Waals surface area contributed by atoms with Gasteiger partial charge in [-0.2, -0.15) is 23.5 Å². The van der Waals surface area contributed by atoms with E-state index >= 15 is 0 Å². The van der Waals surface area contributed by atoms with Crippen LogP contribution in [0.15, 0.2) is 0 Å². The number of carbonyl (C=O) groups is 3. The van der Waals surface area contributed by atoms with Gasteiger partial charge in [-0.05, 0) is 30.4 Å². The second-order valence-electron chi connectivity index (χ2n) is 3.85. The molecule has 0 saturated carbocycles. The summed E-state index contributed by atoms with van der Waals surface area (Å²) in [4.78, 5) is 30.8. The highest BCUT2D eigenvalue weighted by Gasteiger charge is 2.19. The number of ether oxygens (including phenoxy) is 1. The van der Waals surface area contributed by atoms with Crippen molar-refractivity contribution >= 4 is 41.4 Å². The lowest BCUT2D eigenvalue weighted by molar-refractivity contribution is -0.162. The minimum atomic E-state index is -1.18. The molecule has 0 bridgehead atoms. The number of hydrogen-bond acceptors (Lipinski definition) is 7. The van der Waals surface area contributed by atoms with Crippen molar-refractivity contribution in [3.05, 3.63) is 0 Å². The third-order valence-corrected chi connectivity index (χ3v) is 3.34. The van der Waals surface area contributed by atoms with E-state index in [4.69, 9.17) is 15.3 Å². The molecule has 9 heteroatoms. The Morgan fingerprint density at radius 3 is 1.81 bits per heavy atom. The van der Waals surface area contributed by atoms with Crippen molar-refractivity contribution < 1.29 is 34.4 Å². The van der Waals surface area contributed by atoms with Crippen LogP contribution >= 0.6 is 23.5 Å². The maximum Gasteiger partial charge on any atom is 0.345 e. The number of rotatable bonds is 9. The molecule has 0 saturated heterocycles. The number of esters is 1. The molecule has 0 aliphatic carbocycles. The lowest BCUT2D eigenvalue weighted by Crippen LogP contribution is -2.26. The Morgan fingerprint density at radius 2 is 1.48 bits per heavy atom. The average Bonchev–Trinajstić information content (AvgIpc) is 2.40. The van der Waals surface area contributed by atoms with Crippen LogP contribution in [0.3, 0.4) is 0 Å². The molecule has 0 amide bonds. The van der Waals surface area contributed by atoms with Crippen LogP contribution in [-0.4, -0.2) is 69.5 Å². The molecule has 0 aliphatic rings. The van der Waals surface area contributed by atoms with Gasteiger partial charge in [0.1, 0.15) is 0 Å². The highest BCUT2D eigenvalue weighted by atomic mass is 32.2. The van der Waals surface area contributed by atoms with Crippen molar-refractivity contribution in [1.29, 1.82) is 0 Å². The van der Waals surface area contributed by atoms with Gasteiger partial charge in [0.05, 0.1) is 0 Å². The minimum absolute atomic E-state index is 0.330. The van der Waals surface area contributed by atoms with Crippen LogP contribution in [0.4, 0.5) is 0 Å². The minimum Gasteiger partial charge on any atom is -0.479 e. The Bertz CT molecular complexity index is 323. The summed E-state index contributed by atoms with van der Waals surface area (Å²) in [6, 6.07) is 0. The molecule has 0 aromatic heterocycles. The van der Waals surface area contributed by atoms with Gasteiger partial charge in [-0.25, -0.2) is 9.59 Å². The fourth-order valence-electron chi connectivity index (χ4n) is 1.01. The van der Waals surface area contributed by atoms with E-state index in [0.717, 1.165) is 0 Å². The summed E-state index contributed by atoms with van der Waals surface area (Å²) in [5.41, 5.74) is 0. The van der Waals surface area contributed by atoms with Gasteiger partial charge in [0.15, 0.2) is 12.2 Å². The largest absolute Gasteiger partial charge is 0.479 e.